The summed E-state index contributed by atoms with van der Waals surface area (Å²) >= 11 is 0. The second-order valence-electron chi connectivity index (χ2n) is 7.60. The summed E-state index contributed by atoms with van der Waals surface area (Å²) < 4.78 is 69.1. The number of rotatable bonds is 0. The Balaban J connectivity index is 1.89. The van der Waals surface area contributed by atoms with Gasteiger partial charge in [-0.3, -0.25) is 0 Å². The minimum absolute atomic E-state index is 0.00286. The molecule has 0 aliphatic carbocycles. The summed E-state index contributed by atoms with van der Waals surface area (Å²) in [5.41, 5.74) is -1.79. The largest absolute Gasteiger partial charge is 0.444 e. The van der Waals surface area contributed by atoms with Crippen LogP contribution in [0, 0.1) is 0 Å². The van der Waals surface area contributed by atoms with Gasteiger partial charge >= 0.3 is 12.3 Å². The van der Waals surface area contributed by atoms with E-state index in [1.165, 1.54) is 4.90 Å². The summed E-state index contributed by atoms with van der Waals surface area (Å²) in [5.74, 6) is -0.384. The second-order valence-corrected chi connectivity index (χ2v) is 9.60. The van der Waals surface area contributed by atoms with Crippen molar-refractivity contribution in [1.29, 1.82) is 0 Å². The number of hydrogen-bond acceptors (Lipinski definition) is 6. The molecule has 0 N–H and O–H groups in total. The minimum atomic E-state index is -4.68. The molecule has 0 bridgehead atoms. The van der Waals surface area contributed by atoms with Gasteiger partial charge in [-0.15, -0.1) is 0 Å². The first-order valence-corrected chi connectivity index (χ1v) is 9.98. The number of piperazine rings is 1. The number of hydrogen-bond donors (Lipinski definition) is 0. The zero-order chi connectivity index (χ0) is 20.2. The SMILES string of the molecule is CC(C)(C)OC(=O)N1CCN2c3ncc(C(F)(F)F)cc3S(=O)(=O)CC2C1. The lowest BCUT2D eigenvalue weighted by Crippen LogP contribution is -2.59. The third kappa shape index (κ3) is 3.97. The van der Waals surface area contributed by atoms with Gasteiger partial charge in [0, 0.05) is 25.8 Å². The van der Waals surface area contributed by atoms with Gasteiger partial charge in [0.2, 0.25) is 0 Å². The summed E-state index contributed by atoms with van der Waals surface area (Å²) in [6, 6.07) is 0.0433. The van der Waals surface area contributed by atoms with Crippen molar-refractivity contribution in [3.63, 3.8) is 0 Å². The van der Waals surface area contributed by atoms with Crippen molar-refractivity contribution in [1.82, 2.24) is 9.88 Å². The van der Waals surface area contributed by atoms with E-state index in [-0.39, 0.29) is 31.2 Å². The zero-order valence-electron chi connectivity index (χ0n) is 15.1. The van der Waals surface area contributed by atoms with Gasteiger partial charge in [-0.25, -0.2) is 18.2 Å². The predicted molar refractivity (Wildman–Crippen MR) is 90.2 cm³/mol. The maximum absolute atomic E-state index is 12.9. The van der Waals surface area contributed by atoms with Crippen molar-refractivity contribution >= 4 is 21.7 Å². The van der Waals surface area contributed by atoms with Crippen molar-refractivity contribution in [3.05, 3.63) is 17.8 Å². The van der Waals surface area contributed by atoms with Crippen LogP contribution in [0.5, 0.6) is 0 Å². The molecule has 0 aromatic carbocycles. The van der Waals surface area contributed by atoms with Crippen molar-refractivity contribution in [2.24, 2.45) is 0 Å². The average Bonchev–Trinajstić information content (AvgIpc) is 2.51. The van der Waals surface area contributed by atoms with Crippen LogP contribution in [0.25, 0.3) is 0 Å². The molecule has 2 aliphatic rings. The number of pyridine rings is 1. The number of amides is 1. The molecule has 0 spiro atoms. The highest BCUT2D eigenvalue weighted by molar-refractivity contribution is 7.91. The van der Waals surface area contributed by atoms with Gasteiger partial charge in [-0.2, -0.15) is 13.2 Å². The Hall–Kier alpha value is -2.04. The Labute approximate surface area is 155 Å². The fraction of sp³-hybridized carbons (Fsp3) is 0.625. The molecule has 150 valence electrons. The van der Waals surface area contributed by atoms with E-state index in [9.17, 15) is 26.4 Å². The van der Waals surface area contributed by atoms with E-state index in [0.717, 1.165) is 0 Å². The maximum atomic E-state index is 12.9. The van der Waals surface area contributed by atoms with Crippen molar-refractivity contribution in [2.75, 3.05) is 30.3 Å². The first-order valence-electron chi connectivity index (χ1n) is 8.32. The number of halogens is 3. The van der Waals surface area contributed by atoms with Gasteiger partial charge < -0.3 is 14.5 Å². The van der Waals surface area contributed by atoms with Crippen molar-refractivity contribution in [2.45, 2.75) is 43.5 Å². The third-order valence-electron chi connectivity index (χ3n) is 4.31. The molecule has 1 atom stereocenters. The normalized spacial score (nSPS) is 22.1. The number of nitrogens with zero attached hydrogens (tertiary/aromatic N) is 3. The number of aromatic nitrogens is 1. The lowest BCUT2D eigenvalue weighted by atomic mass is 10.1. The fourth-order valence-corrected chi connectivity index (χ4v) is 4.88. The van der Waals surface area contributed by atoms with Gasteiger partial charge in [-0.05, 0) is 26.8 Å². The molecule has 3 rings (SSSR count). The van der Waals surface area contributed by atoms with Gasteiger partial charge in [0.1, 0.15) is 16.3 Å². The molecular formula is C16H20F3N3O4S. The van der Waals surface area contributed by atoms with E-state index in [0.29, 0.717) is 12.3 Å². The van der Waals surface area contributed by atoms with Crippen LogP contribution in [-0.2, 0) is 20.8 Å². The van der Waals surface area contributed by atoms with Crippen molar-refractivity contribution < 1.29 is 31.1 Å². The minimum Gasteiger partial charge on any atom is -0.444 e. The van der Waals surface area contributed by atoms with Gasteiger partial charge in [0.05, 0.1) is 17.4 Å². The first kappa shape index (κ1) is 19.7. The Morgan fingerprint density at radius 2 is 1.93 bits per heavy atom. The van der Waals surface area contributed by atoms with Crippen LogP contribution >= 0.6 is 0 Å². The van der Waals surface area contributed by atoms with E-state index < -0.39 is 44.2 Å². The monoisotopic (exact) mass is 407 g/mol. The molecule has 1 saturated heterocycles. The summed E-state index contributed by atoms with van der Waals surface area (Å²) in [6.45, 7) is 5.79. The van der Waals surface area contributed by atoms with Gasteiger partial charge in [0.15, 0.2) is 9.84 Å². The number of alkyl halides is 3. The van der Waals surface area contributed by atoms with Crippen LogP contribution in [0.2, 0.25) is 0 Å². The zero-order valence-corrected chi connectivity index (χ0v) is 15.9. The van der Waals surface area contributed by atoms with Crippen LogP contribution < -0.4 is 4.90 Å². The Kier molecular flexibility index (Phi) is 4.56. The molecule has 0 radical (unpaired) electrons. The topological polar surface area (TPSA) is 79.8 Å². The molecule has 1 aromatic heterocycles. The standard InChI is InChI=1S/C16H20F3N3O4S/c1-15(2,3)26-14(23)21-4-5-22-11(8-21)9-27(24,25)12-6-10(16(17,18)19)7-20-13(12)22/h6-7,11H,4-5,8-9H2,1-3H3. The summed E-state index contributed by atoms with van der Waals surface area (Å²) in [4.78, 5) is 18.7. The van der Waals surface area contributed by atoms with Crippen LogP contribution in [-0.4, -0.2) is 61.4 Å². The molecule has 2 aliphatic heterocycles. The van der Waals surface area contributed by atoms with Crippen LogP contribution in [0.1, 0.15) is 26.3 Å². The van der Waals surface area contributed by atoms with E-state index in [1.54, 1.807) is 25.7 Å². The number of carbonyl (C=O) groups excluding carboxylic acids is 1. The lowest BCUT2D eigenvalue weighted by Gasteiger charge is -2.44. The number of ether oxygens (including phenoxy) is 1. The smallest absolute Gasteiger partial charge is 0.417 e. The molecule has 27 heavy (non-hydrogen) atoms. The summed E-state index contributed by atoms with van der Waals surface area (Å²) in [6.07, 6.45) is -4.59. The second kappa shape index (κ2) is 6.25. The molecule has 1 fully saturated rings. The lowest BCUT2D eigenvalue weighted by molar-refractivity contribution is -0.138. The Morgan fingerprint density at radius 3 is 2.52 bits per heavy atom. The van der Waals surface area contributed by atoms with Crippen LogP contribution in [0.4, 0.5) is 23.8 Å². The molecule has 7 nitrogen and oxygen atoms in total. The first-order chi connectivity index (χ1) is 12.3. The highest BCUT2D eigenvalue weighted by atomic mass is 32.2. The van der Waals surface area contributed by atoms with E-state index in [4.69, 9.17) is 4.74 Å². The number of sulfone groups is 1. The van der Waals surface area contributed by atoms with Crippen LogP contribution in [0.3, 0.4) is 0 Å². The predicted octanol–water partition coefficient (Wildman–Crippen LogP) is 2.31. The Morgan fingerprint density at radius 1 is 1.26 bits per heavy atom. The Bertz CT molecular complexity index is 865. The molecule has 1 unspecified atom stereocenters. The molecule has 1 aromatic rings. The highest BCUT2D eigenvalue weighted by Gasteiger charge is 2.43. The summed E-state index contributed by atoms with van der Waals surface area (Å²) in [7, 11) is -3.96. The average molecular weight is 407 g/mol. The number of anilines is 1. The molecule has 11 heteroatoms. The third-order valence-corrected chi connectivity index (χ3v) is 6.11. The molecule has 3 heterocycles. The molecular weight excluding hydrogens is 387 g/mol. The van der Waals surface area contributed by atoms with Gasteiger partial charge in [0.25, 0.3) is 0 Å². The number of carbonyl (C=O) groups is 1. The quantitative estimate of drug-likeness (QED) is 0.657. The summed E-state index contributed by atoms with van der Waals surface area (Å²) in [5, 5.41) is 0. The highest BCUT2D eigenvalue weighted by Crippen LogP contribution is 2.37. The van der Waals surface area contributed by atoms with Crippen LogP contribution in [0.15, 0.2) is 17.2 Å². The van der Waals surface area contributed by atoms with E-state index >= 15 is 0 Å². The van der Waals surface area contributed by atoms with Crippen molar-refractivity contribution in [3.8, 4) is 0 Å². The maximum Gasteiger partial charge on any atom is 0.417 e. The fourth-order valence-electron chi connectivity index (χ4n) is 3.15. The van der Waals surface area contributed by atoms with Gasteiger partial charge in [-0.1, -0.05) is 0 Å². The van der Waals surface area contributed by atoms with E-state index in [2.05, 4.69) is 4.98 Å². The molecule has 1 amide bonds. The van der Waals surface area contributed by atoms with E-state index in [1.807, 2.05) is 0 Å². The number of fused-ring (bicyclic) bond motifs is 3. The molecule has 0 saturated carbocycles.